The van der Waals surface area contributed by atoms with Crippen LogP contribution < -0.4 is 15.4 Å². The molecule has 3 aromatic heterocycles. The van der Waals surface area contributed by atoms with Crippen molar-refractivity contribution in [1.82, 2.24) is 29.2 Å². The molecule has 2 amide bonds. The quantitative estimate of drug-likeness (QED) is 0.332. The first kappa shape index (κ1) is 28.9. The number of pyridine rings is 1. The second-order valence-corrected chi connectivity index (χ2v) is 12.1. The lowest BCUT2D eigenvalue weighted by Crippen LogP contribution is -2.20. The lowest BCUT2D eigenvalue weighted by Gasteiger charge is -2.19. The third-order valence-electron chi connectivity index (χ3n) is 8.31. The van der Waals surface area contributed by atoms with Crippen LogP contribution in [0.1, 0.15) is 54.6 Å². The highest BCUT2D eigenvalue weighted by Crippen LogP contribution is 2.41. The smallest absolute Gasteiger partial charge is 0.258 e. The lowest BCUT2D eigenvalue weighted by atomic mass is 9.97. The Balaban J connectivity index is 1.35. The summed E-state index contributed by atoms with van der Waals surface area (Å²) in [6.45, 7) is 4.04. The summed E-state index contributed by atoms with van der Waals surface area (Å²) in [7, 11) is 5.86. The first-order valence-corrected chi connectivity index (χ1v) is 15.1. The summed E-state index contributed by atoms with van der Waals surface area (Å²) in [6, 6.07) is 9.35. The van der Waals surface area contributed by atoms with Crippen molar-refractivity contribution in [2.75, 3.05) is 37.9 Å². The third-order valence-corrected chi connectivity index (χ3v) is 8.31. The van der Waals surface area contributed by atoms with Crippen LogP contribution in [0.15, 0.2) is 36.5 Å². The maximum absolute atomic E-state index is 13.7. The van der Waals surface area contributed by atoms with E-state index in [1.807, 2.05) is 46.3 Å². The van der Waals surface area contributed by atoms with Gasteiger partial charge in [0.25, 0.3) is 5.91 Å². The number of carbonyl (C=O) groups excluding carboxylic acids is 2. The van der Waals surface area contributed by atoms with Crippen molar-refractivity contribution < 1.29 is 14.3 Å². The Hall–Kier alpha value is -4.25. The molecule has 0 radical (unpaired) electrons. The minimum atomic E-state index is -0.262. The van der Waals surface area contributed by atoms with Crippen LogP contribution in [-0.4, -0.2) is 68.3 Å². The van der Waals surface area contributed by atoms with E-state index >= 15 is 0 Å². The molecule has 1 aliphatic carbocycles. The van der Waals surface area contributed by atoms with Gasteiger partial charge in [0, 0.05) is 37.0 Å². The molecule has 226 valence electrons. The number of carbonyl (C=O) groups is 2. The standard InChI is InChI=1S/C32H40N8O3/c1-20-15-23-16-26(34-20)25-18-33-39(4)31(25)43-14-6-7-22(21-9-10-21)19-40-28-12-11-24(35-29(41)8-5-13-38(2)3)17-27(28)36-32(40)37-30(23)42/h11-12,15-18,21-22H,5-10,13-14,19H2,1-4H3,(H,35,41)(H,36,37,42). The van der Waals surface area contributed by atoms with Gasteiger partial charge in [-0.15, -0.1) is 0 Å². The van der Waals surface area contributed by atoms with Gasteiger partial charge in [-0.05, 0) is 102 Å². The zero-order chi connectivity index (χ0) is 30.1. The number of hydrogen-bond acceptors (Lipinski definition) is 7. The van der Waals surface area contributed by atoms with E-state index in [1.165, 1.54) is 12.8 Å². The minimum absolute atomic E-state index is 0.0211. The number of anilines is 2. The Kier molecular flexibility index (Phi) is 8.16. The zero-order valence-corrected chi connectivity index (χ0v) is 25.4. The molecule has 0 spiro atoms. The average molecular weight is 585 g/mol. The predicted octanol–water partition coefficient (Wildman–Crippen LogP) is 4.87. The van der Waals surface area contributed by atoms with Gasteiger partial charge in [0.1, 0.15) is 0 Å². The van der Waals surface area contributed by atoms with Crippen LogP contribution >= 0.6 is 0 Å². The fraction of sp³-hybridized carbons (Fsp3) is 0.469. The summed E-state index contributed by atoms with van der Waals surface area (Å²) >= 11 is 0. The van der Waals surface area contributed by atoms with E-state index in [-0.39, 0.29) is 11.8 Å². The fourth-order valence-corrected chi connectivity index (χ4v) is 5.94. The van der Waals surface area contributed by atoms with Crippen LogP contribution in [0.25, 0.3) is 22.3 Å². The molecule has 4 heterocycles. The highest BCUT2D eigenvalue weighted by molar-refractivity contribution is 6.05. The number of ether oxygens (including phenoxy) is 1. The molecule has 2 N–H and O–H groups in total. The molecule has 1 fully saturated rings. The van der Waals surface area contributed by atoms with E-state index in [0.717, 1.165) is 54.6 Å². The first-order valence-electron chi connectivity index (χ1n) is 15.1. The van der Waals surface area contributed by atoms with E-state index in [1.54, 1.807) is 23.0 Å². The van der Waals surface area contributed by atoms with Crippen LogP contribution in [0.4, 0.5) is 11.6 Å². The number of aromatic nitrogens is 5. The van der Waals surface area contributed by atoms with Gasteiger partial charge in [-0.25, -0.2) is 9.67 Å². The van der Waals surface area contributed by atoms with Crippen molar-refractivity contribution in [3.8, 4) is 17.1 Å². The van der Waals surface area contributed by atoms with Crippen molar-refractivity contribution in [2.24, 2.45) is 18.9 Å². The highest BCUT2D eigenvalue weighted by Gasteiger charge is 2.32. The van der Waals surface area contributed by atoms with Gasteiger partial charge in [0.05, 0.1) is 35.1 Å². The number of hydrogen-bond donors (Lipinski definition) is 2. The number of aryl methyl sites for hydroxylation is 2. The third kappa shape index (κ3) is 6.56. The largest absolute Gasteiger partial charge is 0.477 e. The summed E-state index contributed by atoms with van der Waals surface area (Å²) in [4.78, 5) is 37.9. The molecule has 2 aliphatic rings. The van der Waals surface area contributed by atoms with Crippen LogP contribution in [0.5, 0.6) is 5.88 Å². The van der Waals surface area contributed by atoms with Crippen molar-refractivity contribution in [3.05, 3.63) is 47.8 Å². The summed E-state index contributed by atoms with van der Waals surface area (Å²) < 4.78 is 10.1. The predicted molar refractivity (Wildman–Crippen MR) is 166 cm³/mol. The maximum Gasteiger partial charge on any atom is 0.258 e. The van der Waals surface area contributed by atoms with E-state index in [0.29, 0.717) is 53.6 Å². The van der Waals surface area contributed by atoms with Gasteiger partial charge in [-0.2, -0.15) is 5.10 Å². The topological polar surface area (TPSA) is 119 Å². The van der Waals surface area contributed by atoms with Gasteiger partial charge in [0.2, 0.25) is 17.7 Å². The number of rotatable bonds is 6. The van der Waals surface area contributed by atoms with Crippen LogP contribution in [0.2, 0.25) is 0 Å². The summed E-state index contributed by atoms with van der Waals surface area (Å²) in [6.07, 6.45) is 7.30. The van der Waals surface area contributed by atoms with Crippen molar-refractivity contribution in [1.29, 1.82) is 0 Å². The first-order chi connectivity index (χ1) is 20.7. The van der Waals surface area contributed by atoms with E-state index in [2.05, 4.69) is 25.2 Å². The average Bonchev–Trinajstić information content (AvgIpc) is 3.66. The second kappa shape index (κ2) is 12.2. The Labute approximate surface area is 251 Å². The van der Waals surface area contributed by atoms with Crippen molar-refractivity contribution >= 4 is 34.5 Å². The lowest BCUT2D eigenvalue weighted by molar-refractivity contribution is -0.116. The maximum atomic E-state index is 13.7. The Morgan fingerprint density at radius 1 is 1.14 bits per heavy atom. The number of nitrogens with zero attached hydrogens (tertiary/aromatic N) is 6. The van der Waals surface area contributed by atoms with E-state index in [4.69, 9.17) is 14.7 Å². The number of benzene rings is 1. The molecule has 1 aliphatic heterocycles. The van der Waals surface area contributed by atoms with Gasteiger partial charge < -0.3 is 19.5 Å². The SMILES string of the molecule is Cc1cc2cc(n1)-c1cnn(C)c1OCCCC(C1CC1)Cn1c(nc3cc(NC(=O)CCCN(C)C)ccc31)NC2=O. The molecule has 0 saturated heterocycles. The van der Waals surface area contributed by atoms with Crippen molar-refractivity contribution in [2.45, 2.75) is 52.0 Å². The summed E-state index contributed by atoms with van der Waals surface area (Å²) in [5.74, 6) is 1.95. The zero-order valence-electron chi connectivity index (χ0n) is 25.4. The second-order valence-electron chi connectivity index (χ2n) is 12.1. The number of imidazole rings is 1. The van der Waals surface area contributed by atoms with Crippen LogP contribution in [0, 0.1) is 18.8 Å². The molecule has 6 rings (SSSR count). The Bertz CT molecular complexity index is 1650. The molecule has 1 atom stereocenters. The molecule has 1 aromatic carbocycles. The minimum Gasteiger partial charge on any atom is -0.477 e. The molecule has 2 bridgehead atoms. The van der Waals surface area contributed by atoms with Gasteiger partial charge in [-0.3, -0.25) is 19.9 Å². The monoisotopic (exact) mass is 584 g/mol. The van der Waals surface area contributed by atoms with Gasteiger partial charge >= 0.3 is 0 Å². The fourth-order valence-electron chi connectivity index (χ4n) is 5.94. The normalized spacial score (nSPS) is 17.4. The molecule has 4 aromatic rings. The van der Waals surface area contributed by atoms with Crippen LogP contribution in [0.3, 0.4) is 0 Å². The molecule has 1 saturated carbocycles. The Morgan fingerprint density at radius 3 is 2.77 bits per heavy atom. The Morgan fingerprint density at radius 2 is 1.98 bits per heavy atom. The van der Waals surface area contributed by atoms with Crippen LogP contribution in [-0.2, 0) is 18.4 Å². The number of nitrogens with one attached hydrogen (secondary N) is 2. The van der Waals surface area contributed by atoms with E-state index in [9.17, 15) is 9.59 Å². The van der Waals surface area contributed by atoms with Gasteiger partial charge in [-0.1, -0.05) is 0 Å². The molecule has 11 nitrogen and oxygen atoms in total. The number of fused-ring (bicyclic) bond motifs is 7. The molecule has 11 heteroatoms. The molecular formula is C32H40N8O3. The molecule has 43 heavy (non-hydrogen) atoms. The molecule has 1 unspecified atom stereocenters. The van der Waals surface area contributed by atoms with Crippen molar-refractivity contribution in [3.63, 3.8) is 0 Å². The molecular weight excluding hydrogens is 544 g/mol. The van der Waals surface area contributed by atoms with E-state index < -0.39 is 0 Å². The summed E-state index contributed by atoms with van der Waals surface area (Å²) in [5, 5.41) is 10.5. The van der Waals surface area contributed by atoms with Gasteiger partial charge in [0.15, 0.2) is 0 Å². The summed E-state index contributed by atoms with van der Waals surface area (Å²) in [5.41, 5.74) is 4.95. The highest BCUT2D eigenvalue weighted by atomic mass is 16.5. The number of amides is 2.